The molecule has 5 heteroatoms. The minimum absolute atomic E-state index is 0.255. The van der Waals surface area contributed by atoms with E-state index in [2.05, 4.69) is 9.97 Å². The van der Waals surface area contributed by atoms with Crippen LogP contribution in [0.25, 0.3) is 0 Å². The van der Waals surface area contributed by atoms with Crippen molar-refractivity contribution in [2.45, 2.75) is 20.0 Å². The molecule has 1 aromatic heterocycles. The van der Waals surface area contributed by atoms with E-state index < -0.39 is 0 Å². The SMILES string of the molecule is CC(C)OCCN(C)c1cncc(N)n1. The molecular weight excluding hydrogens is 192 g/mol. The van der Waals surface area contributed by atoms with Crippen LogP contribution in [0.1, 0.15) is 13.8 Å². The molecule has 0 saturated heterocycles. The van der Waals surface area contributed by atoms with Crippen LogP contribution in [-0.2, 0) is 4.74 Å². The van der Waals surface area contributed by atoms with Crippen LogP contribution in [0.3, 0.4) is 0 Å². The van der Waals surface area contributed by atoms with Crippen molar-refractivity contribution in [3.05, 3.63) is 12.4 Å². The van der Waals surface area contributed by atoms with E-state index in [9.17, 15) is 0 Å². The van der Waals surface area contributed by atoms with Gasteiger partial charge in [-0.3, -0.25) is 4.98 Å². The number of likely N-dealkylation sites (N-methyl/N-ethyl adjacent to an activating group) is 1. The van der Waals surface area contributed by atoms with Gasteiger partial charge in [-0.1, -0.05) is 0 Å². The summed E-state index contributed by atoms with van der Waals surface area (Å²) in [4.78, 5) is 10.1. The van der Waals surface area contributed by atoms with E-state index in [0.717, 1.165) is 12.4 Å². The third kappa shape index (κ3) is 4.12. The van der Waals surface area contributed by atoms with Crippen LogP contribution in [0.4, 0.5) is 11.6 Å². The molecule has 0 spiro atoms. The Balaban J connectivity index is 2.43. The standard InChI is InChI=1S/C10H18N4O/c1-8(2)15-5-4-14(3)10-7-12-6-9(11)13-10/h6-8H,4-5H2,1-3H3,(H2,11,13). The summed E-state index contributed by atoms with van der Waals surface area (Å²) in [5, 5.41) is 0. The van der Waals surface area contributed by atoms with E-state index in [-0.39, 0.29) is 6.10 Å². The number of nitrogens with zero attached hydrogens (tertiary/aromatic N) is 3. The lowest BCUT2D eigenvalue weighted by Crippen LogP contribution is -2.25. The summed E-state index contributed by atoms with van der Waals surface area (Å²) in [6, 6.07) is 0. The smallest absolute Gasteiger partial charge is 0.149 e. The highest BCUT2D eigenvalue weighted by Gasteiger charge is 2.03. The maximum Gasteiger partial charge on any atom is 0.149 e. The van der Waals surface area contributed by atoms with Gasteiger partial charge in [0.05, 0.1) is 25.1 Å². The number of ether oxygens (including phenoxy) is 1. The van der Waals surface area contributed by atoms with Gasteiger partial charge in [-0.05, 0) is 13.8 Å². The number of hydrogen-bond donors (Lipinski definition) is 1. The van der Waals surface area contributed by atoms with Crippen molar-refractivity contribution >= 4 is 11.6 Å². The van der Waals surface area contributed by atoms with Crippen LogP contribution >= 0.6 is 0 Å². The summed E-state index contributed by atoms with van der Waals surface area (Å²) in [6.07, 6.45) is 3.47. The zero-order chi connectivity index (χ0) is 11.3. The first-order valence-corrected chi connectivity index (χ1v) is 5.00. The molecule has 0 aliphatic carbocycles. The van der Waals surface area contributed by atoms with Gasteiger partial charge in [-0.15, -0.1) is 0 Å². The Labute approximate surface area is 90.3 Å². The van der Waals surface area contributed by atoms with Crippen molar-refractivity contribution in [2.75, 3.05) is 30.8 Å². The first kappa shape index (κ1) is 11.7. The molecule has 2 N–H and O–H groups in total. The predicted octanol–water partition coefficient (Wildman–Crippen LogP) is 0.920. The van der Waals surface area contributed by atoms with Gasteiger partial charge in [0.25, 0.3) is 0 Å². The number of aromatic nitrogens is 2. The van der Waals surface area contributed by atoms with Crippen LogP contribution in [-0.4, -0.2) is 36.3 Å². The minimum atomic E-state index is 0.255. The fourth-order valence-corrected chi connectivity index (χ4v) is 1.09. The van der Waals surface area contributed by atoms with Crippen molar-refractivity contribution in [3.63, 3.8) is 0 Å². The number of nitrogen functional groups attached to an aromatic ring is 1. The maximum absolute atomic E-state index is 5.54. The molecule has 0 aliphatic heterocycles. The molecule has 1 rings (SSSR count). The Hall–Kier alpha value is -1.36. The van der Waals surface area contributed by atoms with Gasteiger partial charge >= 0.3 is 0 Å². The molecule has 0 saturated carbocycles. The van der Waals surface area contributed by atoms with Gasteiger partial charge in [0.15, 0.2) is 0 Å². The summed E-state index contributed by atoms with van der Waals surface area (Å²) in [5.74, 6) is 1.20. The first-order chi connectivity index (χ1) is 7.09. The fourth-order valence-electron chi connectivity index (χ4n) is 1.09. The number of hydrogen-bond acceptors (Lipinski definition) is 5. The summed E-state index contributed by atoms with van der Waals surface area (Å²) < 4.78 is 5.44. The summed E-state index contributed by atoms with van der Waals surface area (Å²) >= 11 is 0. The number of nitrogens with two attached hydrogens (primary N) is 1. The van der Waals surface area contributed by atoms with Crippen LogP contribution in [0.5, 0.6) is 0 Å². The molecule has 0 aromatic carbocycles. The Morgan fingerprint density at radius 2 is 2.20 bits per heavy atom. The minimum Gasteiger partial charge on any atom is -0.382 e. The van der Waals surface area contributed by atoms with Gasteiger partial charge in [0.1, 0.15) is 11.6 Å². The monoisotopic (exact) mass is 210 g/mol. The molecule has 15 heavy (non-hydrogen) atoms. The van der Waals surface area contributed by atoms with E-state index in [0.29, 0.717) is 12.4 Å². The third-order valence-corrected chi connectivity index (χ3v) is 1.91. The normalized spacial score (nSPS) is 10.7. The van der Waals surface area contributed by atoms with Crippen LogP contribution in [0.15, 0.2) is 12.4 Å². The van der Waals surface area contributed by atoms with E-state index >= 15 is 0 Å². The largest absolute Gasteiger partial charge is 0.382 e. The molecule has 0 fully saturated rings. The summed E-state index contributed by atoms with van der Waals surface area (Å²) in [7, 11) is 1.94. The van der Waals surface area contributed by atoms with E-state index in [4.69, 9.17) is 10.5 Å². The van der Waals surface area contributed by atoms with Gasteiger partial charge in [-0.2, -0.15) is 0 Å². The molecule has 0 radical (unpaired) electrons. The van der Waals surface area contributed by atoms with Gasteiger partial charge in [-0.25, -0.2) is 4.98 Å². The molecule has 0 bridgehead atoms. The number of rotatable bonds is 5. The zero-order valence-electron chi connectivity index (χ0n) is 9.47. The highest BCUT2D eigenvalue weighted by Crippen LogP contribution is 2.07. The van der Waals surface area contributed by atoms with Crippen LogP contribution < -0.4 is 10.6 Å². The second kappa shape index (κ2) is 5.50. The van der Waals surface area contributed by atoms with Crippen LogP contribution in [0, 0.1) is 0 Å². The average molecular weight is 210 g/mol. The van der Waals surface area contributed by atoms with E-state index in [1.807, 2.05) is 25.8 Å². The lowest BCUT2D eigenvalue weighted by Gasteiger charge is -2.18. The highest BCUT2D eigenvalue weighted by atomic mass is 16.5. The molecular formula is C10H18N4O. The third-order valence-electron chi connectivity index (χ3n) is 1.91. The van der Waals surface area contributed by atoms with Crippen LogP contribution in [0.2, 0.25) is 0 Å². The van der Waals surface area contributed by atoms with Crippen molar-refractivity contribution < 1.29 is 4.74 Å². The quantitative estimate of drug-likeness (QED) is 0.783. The van der Waals surface area contributed by atoms with Crippen molar-refractivity contribution in [1.82, 2.24) is 9.97 Å². The molecule has 0 amide bonds. The predicted molar refractivity (Wildman–Crippen MR) is 60.8 cm³/mol. The summed E-state index contributed by atoms with van der Waals surface area (Å²) in [6.45, 7) is 5.47. The Kier molecular flexibility index (Phi) is 4.30. The Morgan fingerprint density at radius 1 is 1.47 bits per heavy atom. The zero-order valence-corrected chi connectivity index (χ0v) is 9.47. The van der Waals surface area contributed by atoms with Gasteiger partial charge in [0.2, 0.25) is 0 Å². The Bertz CT molecular complexity index is 303. The molecule has 1 aromatic rings. The lowest BCUT2D eigenvalue weighted by molar-refractivity contribution is 0.0845. The van der Waals surface area contributed by atoms with Gasteiger partial charge in [0, 0.05) is 13.6 Å². The number of anilines is 2. The maximum atomic E-state index is 5.54. The van der Waals surface area contributed by atoms with Crippen molar-refractivity contribution in [3.8, 4) is 0 Å². The Morgan fingerprint density at radius 3 is 2.80 bits per heavy atom. The molecule has 0 unspecified atom stereocenters. The average Bonchev–Trinajstić information content (AvgIpc) is 2.17. The molecule has 1 heterocycles. The molecule has 0 aliphatic rings. The molecule has 0 atom stereocenters. The first-order valence-electron chi connectivity index (χ1n) is 5.00. The van der Waals surface area contributed by atoms with Gasteiger partial charge < -0.3 is 15.4 Å². The molecule has 84 valence electrons. The molecule has 5 nitrogen and oxygen atoms in total. The lowest BCUT2D eigenvalue weighted by atomic mass is 10.5. The van der Waals surface area contributed by atoms with E-state index in [1.165, 1.54) is 6.20 Å². The second-order valence-electron chi connectivity index (χ2n) is 3.64. The second-order valence-corrected chi connectivity index (χ2v) is 3.64. The van der Waals surface area contributed by atoms with Crippen molar-refractivity contribution in [2.24, 2.45) is 0 Å². The van der Waals surface area contributed by atoms with E-state index in [1.54, 1.807) is 6.20 Å². The fraction of sp³-hybridized carbons (Fsp3) is 0.600. The topological polar surface area (TPSA) is 64.3 Å². The van der Waals surface area contributed by atoms with Crippen molar-refractivity contribution in [1.29, 1.82) is 0 Å². The summed E-state index contributed by atoms with van der Waals surface area (Å²) in [5.41, 5.74) is 5.54. The highest BCUT2D eigenvalue weighted by molar-refractivity contribution is 5.40.